The monoisotopic (exact) mass is 294 g/mol. The summed E-state index contributed by atoms with van der Waals surface area (Å²) < 4.78 is 10.9. The Labute approximate surface area is 126 Å². The van der Waals surface area contributed by atoms with E-state index in [1.807, 2.05) is 13.0 Å². The topological polar surface area (TPSA) is 59.5 Å². The zero-order valence-electron chi connectivity index (χ0n) is 13.3. The van der Waals surface area contributed by atoms with Crippen molar-refractivity contribution in [3.05, 3.63) is 11.9 Å². The first-order valence-electron chi connectivity index (χ1n) is 7.74. The van der Waals surface area contributed by atoms with Gasteiger partial charge < -0.3 is 19.7 Å². The molecule has 118 valence electrons. The summed E-state index contributed by atoms with van der Waals surface area (Å²) in [6, 6.07) is 2.39. The molecule has 2 heterocycles. The van der Waals surface area contributed by atoms with Gasteiger partial charge in [0.15, 0.2) is 5.82 Å². The van der Waals surface area contributed by atoms with Crippen LogP contribution in [0, 0.1) is 0 Å². The summed E-state index contributed by atoms with van der Waals surface area (Å²) in [5.74, 6) is 2.51. The normalized spacial score (nSPS) is 18.0. The van der Waals surface area contributed by atoms with Crippen molar-refractivity contribution in [1.82, 2.24) is 9.97 Å². The molecule has 6 heteroatoms. The minimum atomic E-state index is 0.388. The van der Waals surface area contributed by atoms with Crippen LogP contribution in [0.15, 0.2) is 6.07 Å². The molecule has 1 aliphatic heterocycles. The highest BCUT2D eigenvalue weighted by molar-refractivity contribution is 5.49. The Morgan fingerprint density at radius 2 is 2.29 bits per heavy atom. The SMILES string of the molecule is CCCNc1cc(N(C)C2CCOC2)nc(COCC)n1. The summed E-state index contributed by atoms with van der Waals surface area (Å²) in [6.45, 7) is 7.71. The van der Waals surface area contributed by atoms with E-state index in [0.717, 1.165) is 50.1 Å². The number of rotatable bonds is 8. The third kappa shape index (κ3) is 4.54. The molecular weight excluding hydrogens is 268 g/mol. The molecule has 0 saturated carbocycles. The maximum absolute atomic E-state index is 5.46. The van der Waals surface area contributed by atoms with Crippen LogP contribution in [0.1, 0.15) is 32.5 Å². The average molecular weight is 294 g/mol. The Balaban J connectivity index is 2.16. The maximum atomic E-state index is 5.46. The van der Waals surface area contributed by atoms with Crippen molar-refractivity contribution in [3.8, 4) is 0 Å². The highest BCUT2D eigenvalue weighted by Crippen LogP contribution is 2.21. The summed E-state index contributed by atoms with van der Waals surface area (Å²) in [6.07, 6.45) is 2.10. The Hall–Kier alpha value is -1.40. The number of hydrogen-bond donors (Lipinski definition) is 1. The van der Waals surface area contributed by atoms with E-state index in [0.29, 0.717) is 19.3 Å². The van der Waals surface area contributed by atoms with E-state index >= 15 is 0 Å². The molecule has 0 radical (unpaired) electrons. The third-order valence-electron chi connectivity index (χ3n) is 3.57. The van der Waals surface area contributed by atoms with Crippen molar-refractivity contribution in [1.29, 1.82) is 0 Å². The van der Waals surface area contributed by atoms with Gasteiger partial charge in [0.1, 0.15) is 18.2 Å². The summed E-state index contributed by atoms with van der Waals surface area (Å²) in [5.41, 5.74) is 0. The van der Waals surface area contributed by atoms with Gasteiger partial charge >= 0.3 is 0 Å². The number of nitrogens with one attached hydrogen (secondary N) is 1. The van der Waals surface area contributed by atoms with Gasteiger partial charge in [0, 0.05) is 32.9 Å². The van der Waals surface area contributed by atoms with E-state index in [4.69, 9.17) is 9.47 Å². The molecule has 1 saturated heterocycles. The van der Waals surface area contributed by atoms with E-state index in [-0.39, 0.29) is 0 Å². The van der Waals surface area contributed by atoms with Gasteiger partial charge in [0.05, 0.1) is 12.6 Å². The van der Waals surface area contributed by atoms with Crippen LogP contribution in [-0.2, 0) is 16.1 Å². The number of nitrogens with zero attached hydrogens (tertiary/aromatic N) is 3. The highest BCUT2D eigenvalue weighted by Gasteiger charge is 2.22. The Morgan fingerprint density at radius 1 is 1.43 bits per heavy atom. The Bertz CT molecular complexity index is 409. The van der Waals surface area contributed by atoms with Crippen molar-refractivity contribution >= 4 is 11.6 Å². The van der Waals surface area contributed by atoms with E-state index in [1.165, 1.54) is 0 Å². The van der Waals surface area contributed by atoms with Gasteiger partial charge in [-0.3, -0.25) is 0 Å². The molecule has 1 atom stereocenters. The fourth-order valence-electron chi connectivity index (χ4n) is 2.28. The van der Waals surface area contributed by atoms with Gasteiger partial charge in [-0.05, 0) is 19.8 Å². The first kappa shape index (κ1) is 16.0. The fraction of sp³-hybridized carbons (Fsp3) is 0.733. The zero-order valence-corrected chi connectivity index (χ0v) is 13.3. The van der Waals surface area contributed by atoms with Crippen molar-refractivity contribution in [2.24, 2.45) is 0 Å². The van der Waals surface area contributed by atoms with Crippen molar-refractivity contribution < 1.29 is 9.47 Å². The molecule has 1 fully saturated rings. The minimum absolute atomic E-state index is 0.388. The lowest BCUT2D eigenvalue weighted by Crippen LogP contribution is -2.32. The molecule has 1 unspecified atom stereocenters. The van der Waals surface area contributed by atoms with Crippen LogP contribution in [0.2, 0.25) is 0 Å². The molecule has 6 nitrogen and oxygen atoms in total. The third-order valence-corrected chi connectivity index (χ3v) is 3.57. The molecule has 1 aromatic heterocycles. The lowest BCUT2D eigenvalue weighted by molar-refractivity contribution is 0.128. The van der Waals surface area contributed by atoms with Crippen molar-refractivity contribution in [2.45, 2.75) is 39.3 Å². The second-order valence-corrected chi connectivity index (χ2v) is 5.22. The number of likely N-dealkylation sites (N-methyl/N-ethyl adjacent to an activating group) is 1. The summed E-state index contributed by atoms with van der Waals surface area (Å²) in [7, 11) is 2.07. The molecule has 1 N–H and O–H groups in total. The zero-order chi connectivity index (χ0) is 15.1. The summed E-state index contributed by atoms with van der Waals surface area (Å²) in [4.78, 5) is 11.3. The predicted molar refractivity (Wildman–Crippen MR) is 83.8 cm³/mol. The Kier molecular flexibility index (Phi) is 6.20. The molecule has 21 heavy (non-hydrogen) atoms. The maximum Gasteiger partial charge on any atom is 0.158 e. The van der Waals surface area contributed by atoms with E-state index < -0.39 is 0 Å². The smallest absolute Gasteiger partial charge is 0.158 e. The number of anilines is 2. The lowest BCUT2D eigenvalue weighted by Gasteiger charge is -2.25. The molecular formula is C15H26N4O2. The van der Waals surface area contributed by atoms with Crippen LogP contribution >= 0.6 is 0 Å². The van der Waals surface area contributed by atoms with Crippen LogP contribution in [0.25, 0.3) is 0 Å². The van der Waals surface area contributed by atoms with Crippen LogP contribution in [0.5, 0.6) is 0 Å². The largest absolute Gasteiger partial charge is 0.379 e. The summed E-state index contributed by atoms with van der Waals surface area (Å²) >= 11 is 0. The molecule has 0 bridgehead atoms. The first-order chi connectivity index (χ1) is 10.2. The lowest BCUT2D eigenvalue weighted by atomic mass is 10.2. The fourth-order valence-corrected chi connectivity index (χ4v) is 2.28. The van der Waals surface area contributed by atoms with Gasteiger partial charge in [0.25, 0.3) is 0 Å². The summed E-state index contributed by atoms with van der Waals surface area (Å²) in [5, 5.41) is 3.33. The number of hydrogen-bond acceptors (Lipinski definition) is 6. The predicted octanol–water partition coefficient (Wildman–Crippen LogP) is 2.06. The van der Waals surface area contributed by atoms with Crippen LogP contribution < -0.4 is 10.2 Å². The van der Waals surface area contributed by atoms with E-state index in [1.54, 1.807) is 0 Å². The highest BCUT2D eigenvalue weighted by atomic mass is 16.5. The average Bonchev–Trinajstić information content (AvgIpc) is 3.04. The van der Waals surface area contributed by atoms with E-state index in [9.17, 15) is 0 Å². The molecule has 0 aromatic carbocycles. The second kappa shape index (κ2) is 8.14. The van der Waals surface area contributed by atoms with Gasteiger partial charge in [-0.1, -0.05) is 6.92 Å². The van der Waals surface area contributed by atoms with Crippen molar-refractivity contribution in [3.63, 3.8) is 0 Å². The quantitative estimate of drug-likeness (QED) is 0.792. The Morgan fingerprint density at radius 3 is 2.95 bits per heavy atom. The standard InChI is InChI=1S/C15H26N4O2/c1-4-7-16-13-9-15(18-14(17-13)11-20-5-2)19(3)12-6-8-21-10-12/h9,12H,4-8,10-11H2,1-3H3,(H,16,17,18). The molecule has 0 spiro atoms. The van der Waals surface area contributed by atoms with Crippen LogP contribution in [0.4, 0.5) is 11.6 Å². The van der Waals surface area contributed by atoms with Gasteiger partial charge in [-0.25, -0.2) is 9.97 Å². The molecule has 1 aliphatic rings. The van der Waals surface area contributed by atoms with Crippen LogP contribution in [0.3, 0.4) is 0 Å². The molecule has 2 rings (SSSR count). The van der Waals surface area contributed by atoms with Gasteiger partial charge in [0.2, 0.25) is 0 Å². The van der Waals surface area contributed by atoms with Gasteiger partial charge in [-0.2, -0.15) is 0 Å². The van der Waals surface area contributed by atoms with Crippen LogP contribution in [-0.4, -0.2) is 49.4 Å². The molecule has 1 aromatic rings. The molecule has 0 aliphatic carbocycles. The number of ether oxygens (including phenoxy) is 2. The van der Waals surface area contributed by atoms with Crippen molar-refractivity contribution in [2.75, 3.05) is 43.6 Å². The van der Waals surface area contributed by atoms with E-state index in [2.05, 4.69) is 34.2 Å². The minimum Gasteiger partial charge on any atom is -0.379 e. The second-order valence-electron chi connectivity index (χ2n) is 5.22. The molecule has 0 amide bonds. The van der Waals surface area contributed by atoms with Gasteiger partial charge in [-0.15, -0.1) is 0 Å². The first-order valence-corrected chi connectivity index (χ1v) is 7.74. The number of aromatic nitrogens is 2.